The van der Waals surface area contributed by atoms with E-state index >= 15 is 0 Å². The number of benzene rings is 1. The highest BCUT2D eigenvalue weighted by Gasteiger charge is 2.54. The quantitative estimate of drug-likeness (QED) is 0.851. The second kappa shape index (κ2) is 7.44. The molecule has 6 nitrogen and oxygen atoms in total. The number of rotatable bonds is 6. The number of carbonyl (C=O) groups is 2. The van der Waals surface area contributed by atoms with Gasteiger partial charge in [0, 0.05) is 32.0 Å². The minimum absolute atomic E-state index is 0.0175. The summed E-state index contributed by atoms with van der Waals surface area (Å²) in [6.45, 7) is 4.23. The van der Waals surface area contributed by atoms with Crippen molar-refractivity contribution in [2.24, 2.45) is 11.3 Å². The summed E-state index contributed by atoms with van der Waals surface area (Å²) in [5, 5.41) is 9.67. The third-order valence-corrected chi connectivity index (χ3v) is 5.35. The normalized spacial score (nSPS) is 25.5. The van der Waals surface area contributed by atoms with Crippen molar-refractivity contribution in [2.75, 3.05) is 32.9 Å². The van der Waals surface area contributed by atoms with E-state index in [2.05, 4.69) is 0 Å². The second-order valence-electron chi connectivity index (χ2n) is 6.83. The number of likely N-dealkylation sites (tertiary alicyclic amines) is 1. The Morgan fingerprint density at radius 2 is 2.12 bits per heavy atom. The fourth-order valence-corrected chi connectivity index (χ4v) is 3.82. The van der Waals surface area contributed by atoms with Crippen LogP contribution in [-0.4, -0.2) is 54.8 Å². The molecule has 1 aromatic carbocycles. The minimum Gasteiger partial charge on any atom is -0.494 e. The summed E-state index contributed by atoms with van der Waals surface area (Å²) in [5.74, 6) is -0.0655. The number of hydrogen-bond donors (Lipinski definition) is 1. The van der Waals surface area contributed by atoms with E-state index in [1.165, 1.54) is 0 Å². The number of carbonyl (C=O) groups excluding carboxylic acids is 1. The van der Waals surface area contributed by atoms with Gasteiger partial charge in [0.05, 0.1) is 18.6 Å². The van der Waals surface area contributed by atoms with Gasteiger partial charge in [-0.25, -0.2) is 0 Å². The van der Waals surface area contributed by atoms with Crippen molar-refractivity contribution >= 4 is 11.9 Å². The summed E-state index contributed by atoms with van der Waals surface area (Å²) in [7, 11) is 0. The molecule has 25 heavy (non-hydrogen) atoms. The van der Waals surface area contributed by atoms with Crippen LogP contribution in [0.5, 0.6) is 5.75 Å². The molecule has 0 unspecified atom stereocenters. The van der Waals surface area contributed by atoms with Crippen LogP contribution in [-0.2, 0) is 20.7 Å². The molecule has 0 radical (unpaired) electrons. The SMILES string of the molecule is CCOc1ccc(CCC(=O)N2C[C@H]3COCC[C@@]3(C(=O)O)C2)cc1. The number of aliphatic carboxylic acids is 1. The van der Waals surface area contributed by atoms with E-state index in [0.717, 1.165) is 11.3 Å². The molecule has 2 aliphatic rings. The average Bonchev–Trinajstić information content (AvgIpc) is 3.02. The van der Waals surface area contributed by atoms with Gasteiger partial charge in [-0.3, -0.25) is 9.59 Å². The molecule has 0 spiro atoms. The van der Waals surface area contributed by atoms with Crippen molar-refractivity contribution < 1.29 is 24.2 Å². The van der Waals surface area contributed by atoms with Crippen LogP contribution in [0.2, 0.25) is 0 Å². The summed E-state index contributed by atoms with van der Waals surface area (Å²) in [5.41, 5.74) is 0.247. The first kappa shape index (κ1) is 17.7. The first-order valence-electron chi connectivity index (χ1n) is 8.86. The van der Waals surface area contributed by atoms with Gasteiger partial charge in [-0.2, -0.15) is 0 Å². The van der Waals surface area contributed by atoms with E-state index in [4.69, 9.17) is 9.47 Å². The number of carboxylic acids is 1. The Morgan fingerprint density at radius 3 is 2.76 bits per heavy atom. The molecule has 3 rings (SSSR count). The second-order valence-corrected chi connectivity index (χ2v) is 6.83. The van der Waals surface area contributed by atoms with Crippen molar-refractivity contribution in [1.29, 1.82) is 0 Å². The van der Waals surface area contributed by atoms with Crippen LogP contribution in [0.3, 0.4) is 0 Å². The fraction of sp³-hybridized carbons (Fsp3) is 0.579. The zero-order chi connectivity index (χ0) is 17.9. The summed E-state index contributed by atoms with van der Waals surface area (Å²) in [4.78, 5) is 26.1. The molecule has 2 aliphatic heterocycles. The first-order valence-corrected chi connectivity index (χ1v) is 8.86. The monoisotopic (exact) mass is 347 g/mol. The third-order valence-electron chi connectivity index (χ3n) is 5.35. The van der Waals surface area contributed by atoms with Gasteiger partial charge in [0.25, 0.3) is 0 Å². The molecule has 2 fully saturated rings. The Labute approximate surface area is 147 Å². The smallest absolute Gasteiger partial charge is 0.311 e. The topological polar surface area (TPSA) is 76.1 Å². The molecular formula is C19H25NO5. The largest absolute Gasteiger partial charge is 0.494 e. The number of ether oxygens (including phenoxy) is 2. The van der Waals surface area contributed by atoms with Crippen LogP contribution in [0.15, 0.2) is 24.3 Å². The lowest BCUT2D eigenvalue weighted by atomic mass is 9.74. The predicted octanol–water partition coefficient (Wildman–Crippen LogP) is 1.97. The maximum atomic E-state index is 12.6. The number of carboxylic acid groups (broad SMARTS) is 1. The Kier molecular flexibility index (Phi) is 5.27. The highest BCUT2D eigenvalue weighted by molar-refractivity contribution is 5.81. The summed E-state index contributed by atoms with van der Waals surface area (Å²) < 4.78 is 10.8. The molecule has 0 aliphatic carbocycles. The van der Waals surface area contributed by atoms with Gasteiger partial charge >= 0.3 is 5.97 Å². The molecule has 0 aromatic heterocycles. The van der Waals surface area contributed by atoms with Crippen molar-refractivity contribution in [3.05, 3.63) is 29.8 Å². The Morgan fingerprint density at radius 1 is 1.36 bits per heavy atom. The molecule has 0 saturated carbocycles. The number of nitrogens with zero attached hydrogens (tertiary/aromatic N) is 1. The van der Waals surface area contributed by atoms with Gasteiger partial charge in [0.1, 0.15) is 5.75 Å². The zero-order valence-electron chi connectivity index (χ0n) is 14.6. The minimum atomic E-state index is -0.826. The van der Waals surface area contributed by atoms with Gasteiger partial charge in [0.2, 0.25) is 5.91 Å². The number of fused-ring (bicyclic) bond motifs is 1. The zero-order valence-corrected chi connectivity index (χ0v) is 14.6. The molecule has 1 N–H and O–H groups in total. The van der Waals surface area contributed by atoms with Crippen LogP contribution in [0.25, 0.3) is 0 Å². The van der Waals surface area contributed by atoms with Gasteiger partial charge < -0.3 is 19.5 Å². The Balaban J connectivity index is 1.57. The number of amides is 1. The van der Waals surface area contributed by atoms with E-state index in [0.29, 0.717) is 52.2 Å². The maximum Gasteiger partial charge on any atom is 0.311 e. The number of aryl methyl sites for hydroxylation is 1. The average molecular weight is 347 g/mol. The van der Waals surface area contributed by atoms with Gasteiger partial charge in [-0.1, -0.05) is 12.1 Å². The lowest BCUT2D eigenvalue weighted by molar-refractivity contribution is -0.157. The van der Waals surface area contributed by atoms with Crippen LogP contribution >= 0.6 is 0 Å². The molecule has 2 heterocycles. The molecular weight excluding hydrogens is 322 g/mol. The van der Waals surface area contributed by atoms with Gasteiger partial charge in [-0.15, -0.1) is 0 Å². The molecule has 6 heteroatoms. The van der Waals surface area contributed by atoms with Crippen molar-refractivity contribution in [3.8, 4) is 5.75 Å². The lowest BCUT2D eigenvalue weighted by Crippen LogP contribution is -2.45. The predicted molar refractivity (Wildman–Crippen MR) is 91.5 cm³/mol. The number of hydrogen-bond acceptors (Lipinski definition) is 4. The summed E-state index contributed by atoms with van der Waals surface area (Å²) in [6, 6.07) is 7.75. The van der Waals surface area contributed by atoms with E-state index < -0.39 is 11.4 Å². The maximum absolute atomic E-state index is 12.6. The van der Waals surface area contributed by atoms with Crippen molar-refractivity contribution in [1.82, 2.24) is 4.90 Å². The van der Waals surface area contributed by atoms with Crippen LogP contribution in [0.4, 0.5) is 0 Å². The van der Waals surface area contributed by atoms with E-state index in [1.54, 1.807) is 4.90 Å². The van der Waals surface area contributed by atoms with Gasteiger partial charge in [0.15, 0.2) is 0 Å². The Bertz CT molecular complexity index is 629. The summed E-state index contributed by atoms with van der Waals surface area (Å²) >= 11 is 0. The molecule has 0 bridgehead atoms. The highest BCUT2D eigenvalue weighted by Crippen LogP contribution is 2.42. The fourth-order valence-electron chi connectivity index (χ4n) is 3.82. The Hall–Kier alpha value is -2.08. The first-order chi connectivity index (χ1) is 12.0. The lowest BCUT2D eigenvalue weighted by Gasteiger charge is -2.33. The van der Waals surface area contributed by atoms with Crippen LogP contribution in [0.1, 0.15) is 25.3 Å². The molecule has 2 atom stereocenters. The molecule has 2 saturated heterocycles. The molecule has 136 valence electrons. The van der Waals surface area contributed by atoms with Crippen LogP contribution in [0, 0.1) is 11.3 Å². The van der Waals surface area contributed by atoms with E-state index in [1.807, 2.05) is 31.2 Å². The van der Waals surface area contributed by atoms with E-state index in [-0.39, 0.29) is 11.8 Å². The van der Waals surface area contributed by atoms with Crippen molar-refractivity contribution in [3.63, 3.8) is 0 Å². The summed E-state index contributed by atoms with van der Waals surface area (Å²) in [6.07, 6.45) is 1.51. The molecule has 1 aromatic rings. The standard InChI is InChI=1S/C19H25NO5/c1-2-25-16-6-3-14(4-7-16)5-8-17(21)20-11-15-12-24-10-9-19(15,13-20)18(22)23/h3-4,6-7,15H,2,5,8-13H2,1H3,(H,22,23)/t15-,19+/m0/s1. The van der Waals surface area contributed by atoms with E-state index in [9.17, 15) is 14.7 Å². The van der Waals surface area contributed by atoms with Crippen LogP contribution < -0.4 is 4.74 Å². The molecule has 1 amide bonds. The highest BCUT2D eigenvalue weighted by atomic mass is 16.5. The third kappa shape index (κ3) is 3.63. The van der Waals surface area contributed by atoms with Gasteiger partial charge in [-0.05, 0) is 37.5 Å². The van der Waals surface area contributed by atoms with Crippen molar-refractivity contribution in [2.45, 2.75) is 26.2 Å².